The number of carbonyl (C=O) groups excluding carboxylic acids is 2. The van der Waals surface area contributed by atoms with Gasteiger partial charge in [0.05, 0.1) is 17.1 Å². The van der Waals surface area contributed by atoms with Gasteiger partial charge in [-0.2, -0.15) is 0 Å². The number of hydrogen-bond donors (Lipinski definition) is 1. The molecule has 0 unspecified atom stereocenters. The van der Waals surface area contributed by atoms with Crippen LogP contribution in [0.25, 0.3) is 0 Å². The molecule has 1 N–H and O–H groups in total. The highest BCUT2D eigenvalue weighted by atomic mass is 79.9. The van der Waals surface area contributed by atoms with Crippen LogP contribution in [0.2, 0.25) is 0 Å². The van der Waals surface area contributed by atoms with E-state index in [4.69, 9.17) is 4.74 Å². The van der Waals surface area contributed by atoms with E-state index in [1.54, 1.807) is 18.2 Å². The third-order valence-electron chi connectivity index (χ3n) is 2.82. The fraction of sp³-hybridized carbons (Fsp3) is 0.125. The Balaban J connectivity index is 1.96. The summed E-state index contributed by atoms with van der Waals surface area (Å²) in [5.41, 5.74) is 0.771. The summed E-state index contributed by atoms with van der Waals surface area (Å²) >= 11 is 3.15. The number of methoxy groups -OCH3 is 1. The molecule has 0 aliphatic carbocycles. The van der Waals surface area contributed by atoms with Crippen LogP contribution in [-0.2, 0) is 9.53 Å². The van der Waals surface area contributed by atoms with Gasteiger partial charge >= 0.3 is 5.97 Å². The standard InChI is InChI=1S/C16H13BrFNO4/c1-22-16(21)10-3-2-4-12(7-10)19-15(20)9-23-14-6-5-11(18)8-13(14)17/h2-8H,9H2,1H3,(H,19,20). The highest BCUT2D eigenvalue weighted by molar-refractivity contribution is 9.10. The minimum atomic E-state index is -0.493. The lowest BCUT2D eigenvalue weighted by Crippen LogP contribution is -2.20. The fourth-order valence-electron chi connectivity index (χ4n) is 1.77. The lowest BCUT2D eigenvalue weighted by atomic mass is 10.2. The molecule has 0 spiro atoms. The van der Waals surface area contributed by atoms with Gasteiger partial charge in [0.2, 0.25) is 0 Å². The summed E-state index contributed by atoms with van der Waals surface area (Å²) in [7, 11) is 1.28. The van der Waals surface area contributed by atoms with Crippen molar-refractivity contribution in [2.45, 2.75) is 0 Å². The Bertz CT molecular complexity index is 736. The monoisotopic (exact) mass is 381 g/mol. The van der Waals surface area contributed by atoms with Gasteiger partial charge in [-0.3, -0.25) is 4.79 Å². The zero-order valence-electron chi connectivity index (χ0n) is 12.1. The molecule has 0 atom stereocenters. The number of carbonyl (C=O) groups is 2. The molecule has 0 saturated heterocycles. The molecule has 120 valence electrons. The van der Waals surface area contributed by atoms with E-state index < -0.39 is 17.7 Å². The van der Waals surface area contributed by atoms with Gasteiger partial charge in [0.25, 0.3) is 5.91 Å². The maximum atomic E-state index is 13.0. The van der Waals surface area contributed by atoms with E-state index in [0.717, 1.165) is 0 Å². The molecule has 1 amide bonds. The average molecular weight is 382 g/mol. The van der Waals surface area contributed by atoms with Crippen molar-refractivity contribution in [2.75, 3.05) is 19.0 Å². The predicted molar refractivity (Wildman–Crippen MR) is 86.0 cm³/mol. The summed E-state index contributed by atoms with van der Waals surface area (Å²) in [6.45, 7) is -0.257. The number of ether oxygens (including phenoxy) is 2. The summed E-state index contributed by atoms with van der Waals surface area (Å²) in [5.74, 6) is -0.964. The molecule has 2 aromatic carbocycles. The summed E-state index contributed by atoms with van der Waals surface area (Å²) in [6.07, 6.45) is 0. The molecule has 0 aliphatic rings. The van der Waals surface area contributed by atoms with Gasteiger partial charge in [-0.1, -0.05) is 6.07 Å². The second kappa shape index (κ2) is 7.73. The first-order valence-electron chi connectivity index (χ1n) is 6.55. The Kier molecular flexibility index (Phi) is 5.70. The van der Waals surface area contributed by atoms with Crippen molar-refractivity contribution in [1.82, 2.24) is 0 Å². The van der Waals surface area contributed by atoms with E-state index >= 15 is 0 Å². The molecule has 0 bridgehead atoms. The first kappa shape index (κ1) is 17.0. The SMILES string of the molecule is COC(=O)c1cccc(NC(=O)COc2ccc(F)cc2Br)c1. The molecule has 23 heavy (non-hydrogen) atoms. The molecule has 0 saturated carbocycles. The largest absolute Gasteiger partial charge is 0.483 e. The molecule has 0 radical (unpaired) electrons. The van der Waals surface area contributed by atoms with E-state index in [0.29, 0.717) is 21.5 Å². The average Bonchev–Trinajstić information content (AvgIpc) is 2.53. The van der Waals surface area contributed by atoms with Crippen LogP contribution in [0, 0.1) is 5.82 Å². The number of benzene rings is 2. The van der Waals surface area contributed by atoms with Crippen LogP contribution in [0.4, 0.5) is 10.1 Å². The topological polar surface area (TPSA) is 64.6 Å². The maximum Gasteiger partial charge on any atom is 0.337 e. The van der Waals surface area contributed by atoms with Gasteiger partial charge < -0.3 is 14.8 Å². The first-order valence-corrected chi connectivity index (χ1v) is 7.35. The fourth-order valence-corrected chi connectivity index (χ4v) is 2.24. The number of rotatable bonds is 5. The highest BCUT2D eigenvalue weighted by Crippen LogP contribution is 2.25. The third-order valence-corrected chi connectivity index (χ3v) is 3.44. The normalized spacial score (nSPS) is 10.0. The van der Waals surface area contributed by atoms with E-state index in [9.17, 15) is 14.0 Å². The van der Waals surface area contributed by atoms with Gasteiger partial charge in [-0.25, -0.2) is 9.18 Å². The Morgan fingerprint density at radius 3 is 2.70 bits per heavy atom. The quantitative estimate of drug-likeness (QED) is 0.806. The zero-order chi connectivity index (χ0) is 16.8. The molecule has 5 nitrogen and oxygen atoms in total. The van der Waals surface area contributed by atoms with E-state index in [1.165, 1.54) is 31.4 Å². The van der Waals surface area contributed by atoms with Gasteiger partial charge in [0.15, 0.2) is 6.61 Å². The zero-order valence-corrected chi connectivity index (χ0v) is 13.7. The van der Waals surface area contributed by atoms with Crippen molar-refractivity contribution in [3.8, 4) is 5.75 Å². The molecular formula is C16H13BrFNO4. The molecule has 7 heteroatoms. The van der Waals surface area contributed by atoms with Crippen LogP contribution in [0.15, 0.2) is 46.9 Å². The van der Waals surface area contributed by atoms with Gasteiger partial charge in [0.1, 0.15) is 11.6 Å². The van der Waals surface area contributed by atoms with Gasteiger partial charge in [-0.05, 0) is 52.3 Å². The van der Waals surface area contributed by atoms with Crippen LogP contribution in [-0.4, -0.2) is 25.6 Å². The third kappa shape index (κ3) is 4.79. The number of amides is 1. The van der Waals surface area contributed by atoms with Crippen LogP contribution in [0.5, 0.6) is 5.75 Å². The summed E-state index contributed by atoms with van der Waals surface area (Å²) in [5, 5.41) is 2.60. The Labute approximate surface area is 140 Å². The molecule has 0 heterocycles. The molecule has 0 aromatic heterocycles. The number of esters is 1. The summed E-state index contributed by atoms with van der Waals surface area (Å²) in [4.78, 5) is 23.3. The highest BCUT2D eigenvalue weighted by Gasteiger charge is 2.09. The van der Waals surface area contributed by atoms with Crippen LogP contribution < -0.4 is 10.1 Å². The minimum absolute atomic E-state index is 0.257. The molecule has 2 rings (SSSR count). The van der Waals surface area contributed by atoms with E-state index in [1.807, 2.05) is 0 Å². The molecule has 0 fully saturated rings. The summed E-state index contributed by atoms with van der Waals surface area (Å²) < 4.78 is 23.3. The van der Waals surface area contributed by atoms with Gasteiger partial charge in [0, 0.05) is 5.69 Å². The molecule has 2 aromatic rings. The number of anilines is 1. The summed E-state index contributed by atoms with van der Waals surface area (Å²) in [6, 6.07) is 10.2. The number of halogens is 2. The predicted octanol–water partition coefficient (Wildman–Crippen LogP) is 3.39. The van der Waals surface area contributed by atoms with Crippen molar-refractivity contribution in [3.63, 3.8) is 0 Å². The first-order chi connectivity index (χ1) is 11.0. The second-order valence-electron chi connectivity index (χ2n) is 4.48. The van der Waals surface area contributed by atoms with Crippen LogP contribution >= 0.6 is 15.9 Å². The van der Waals surface area contributed by atoms with Crippen LogP contribution in [0.3, 0.4) is 0 Å². The van der Waals surface area contributed by atoms with Crippen molar-refractivity contribution in [2.24, 2.45) is 0 Å². The molecular weight excluding hydrogens is 369 g/mol. The number of nitrogens with one attached hydrogen (secondary N) is 1. The smallest absolute Gasteiger partial charge is 0.337 e. The van der Waals surface area contributed by atoms with E-state index in [-0.39, 0.29) is 6.61 Å². The maximum absolute atomic E-state index is 13.0. The Hall–Kier alpha value is -2.41. The van der Waals surface area contributed by atoms with E-state index in [2.05, 4.69) is 26.0 Å². The van der Waals surface area contributed by atoms with Crippen molar-refractivity contribution < 1.29 is 23.5 Å². The second-order valence-corrected chi connectivity index (χ2v) is 5.34. The minimum Gasteiger partial charge on any atom is -0.483 e. The number of hydrogen-bond acceptors (Lipinski definition) is 4. The Morgan fingerprint density at radius 2 is 2.00 bits per heavy atom. The van der Waals surface area contributed by atoms with Crippen LogP contribution in [0.1, 0.15) is 10.4 Å². The van der Waals surface area contributed by atoms with Gasteiger partial charge in [-0.15, -0.1) is 0 Å². The lowest BCUT2D eigenvalue weighted by Gasteiger charge is -2.09. The Morgan fingerprint density at radius 1 is 1.22 bits per heavy atom. The molecule has 0 aliphatic heterocycles. The van der Waals surface area contributed by atoms with Crippen molar-refractivity contribution >= 4 is 33.5 Å². The van der Waals surface area contributed by atoms with Crippen molar-refractivity contribution in [3.05, 3.63) is 58.3 Å². The van der Waals surface area contributed by atoms with Crippen molar-refractivity contribution in [1.29, 1.82) is 0 Å². The lowest BCUT2D eigenvalue weighted by molar-refractivity contribution is -0.118.